The third kappa shape index (κ3) is 4.86. The zero-order chi connectivity index (χ0) is 17.2. The maximum absolute atomic E-state index is 13.0. The summed E-state index contributed by atoms with van der Waals surface area (Å²) in [5.74, 6) is 0.118. The number of nitrogens with two attached hydrogens (primary N) is 1. The Morgan fingerprint density at radius 1 is 0.920 bits per heavy atom. The van der Waals surface area contributed by atoms with Crippen LogP contribution in [0.15, 0.2) is 0 Å². The van der Waals surface area contributed by atoms with E-state index in [4.69, 9.17) is 5.73 Å². The van der Waals surface area contributed by atoms with Crippen molar-refractivity contribution in [2.24, 2.45) is 5.73 Å². The molecule has 0 radical (unpaired) electrons. The molecule has 0 aliphatic carbocycles. The summed E-state index contributed by atoms with van der Waals surface area (Å²) >= 11 is 0. The van der Waals surface area contributed by atoms with Crippen LogP contribution in [0.5, 0.6) is 0 Å². The summed E-state index contributed by atoms with van der Waals surface area (Å²) in [5, 5.41) is 0. The molecule has 0 unspecified atom stereocenters. The third-order valence-electron chi connectivity index (χ3n) is 6.25. The SMILES string of the molecule is CN1CCC(N2CCN(C(=O)[C@@](C)(N)N3CCCCC3)CC2)CC1.Cl. The molecule has 7 heteroatoms. The van der Waals surface area contributed by atoms with Gasteiger partial charge in [-0.1, -0.05) is 6.42 Å². The maximum atomic E-state index is 13.0. The Morgan fingerprint density at radius 3 is 2.04 bits per heavy atom. The highest BCUT2D eigenvalue weighted by Gasteiger charge is 2.40. The molecule has 146 valence electrons. The summed E-state index contributed by atoms with van der Waals surface area (Å²) < 4.78 is 0. The first-order valence-corrected chi connectivity index (χ1v) is 9.74. The first-order valence-electron chi connectivity index (χ1n) is 9.74. The number of rotatable bonds is 3. The van der Waals surface area contributed by atoms with Crippen molar-refractivity contribution in [3.63, 3.8) is 0 Å². The van der Waals surface area contributed by atoms with Gasteiger partial charge in [-0.15, -0.1) is 12.4 Å². The van der Waals surface area contributed by atoms with Gasteiger partial charge in [0.15, 0.2) is 0 Å². The molecule has 3 heterocycles. The normalized spacial score (nSPS) is 27.6. The van der Waals surface area contributed by atoms with Crippen LogP contribution in [0.25, 0.3) is 0 Å². The van der Waals surface area contributed by atoms with E-state index in [1.54, 1.807) is 0 Å². The van der Waals surface area contributed by atoms with Crippen LogP contribution in [0.4, 0.5) is 0 Å². The molecule has 3 rings (SSSR count). The lowest BCUT2D eigenvalue weighted by molar-refractivity contribution is -0.146. The van der Waals surface area contributed by atoms with Gasteiger partial charge in [0.25, 0.3) is 5.91 Å². The highest BCUT2D eigenvalue weighted by atomic mass is 35.5. The molecule has 3 aliphatic rings. The van der Waals surface area contributed by atoms with E-state index in [1.807, 2.05) is 11.8 Å². The molecule has 0 bridgehead atoms. The average Bonchev–Trinajstić information content (AvgIpc) is 2.62. The van der Waals surface area contributed by atoms with Gasteiger partial charge in [0, 0.05) is 45.3 Å². The zero-order valence-electron chi connectivity index (χ0n) is 16.0. The number of amides is 1. The first kappa shape index (κ1) is 20.9. The number of carbonyl (C=O) groups is 1. The van der Waals surface area contributed by atoms with Gasteiger partial charge in [-0.05, 0) is 52.7 Å². The molecule has 0 aromatic carbocycles. The van der Waals surface area contributed by atoms with Crippen LogP contribution in [0.2, 0.25) is 0 Å². The van der Waals surface area contributed by atoms with Crippen molar-refractivity contribution in [3.8, 4) is 0 Å². The third-order valence-corrected chi connectivity index (χ3v) is 6.25. The first-order chi connectivity index (χ1) is 11.5. The summed E-state index contributed by atoms with van der Waals surface area (Å²) in [6, 6.07) is 0.699. The fourth-order valence-electron chi connectivity index (χ4n) is 4.46. The van der Waals surface area contributed by atoms with Crippen LogP contribution in [0, 0.1) is 0 Å². The molecule has 0 spiro atoms. The Hall–Kier alpha value is -0.400. The van der Waals surface area contributed by atoms with Crippen LogP contribution in [0.3, 0.4) is 0 Å². The van der Waals surface area contributed by atoms with Crippen molar-refractivity contribution in [1.29, 1.82) is 0 Å². The standard InChI is InChI=1S/C18H35N5O.ClH/c1-18(19,23-8-4-3-5-9-23)17(24)22-14-12-21(13-15-22)16-6-10-20(2)11-7-16;/h16H,3-15,19H2,1-2H3;1H/t18-;/m0./s1. The van der Waals surface area contributed by atoms with Crippen LogP contribution in [-0.2, 0) is 4.79 Å². The van der Waals surface area contributed by atoms with Crippen molar-refractivity contribution in [2.45, 2.75) is 50.7 Å². The largest absolute Gasteiger partial charge is 0.337 e. The van der Waals surface area contributed by atoms with Crippen molar-refractivity contribution >= 4 is 18.3 Å². The molecule has 3 aliphatic heterocycles. The van der Waals surface area contributed by atoms with Crippen molar-refractivity contribution < 1.29 is 4.79 Å². The average molecular weight is 374 g/mol. The molecule has 25 heavy (non-hydrogen) atoms. The number of hydrogen-bond donors (Lipinski definition) is 1. The van der Waals surface area contributed by atoms with Gasteiger partial charge in [-0.2, -0.15) is 0 Å². The summed E-state index contributed by atoms with van der Waals surface area (Å²) in [6.07, 6.45) is 6.09. The predicted molar refractivity (Wildman–Crippen MR) is 104 cm³/mol. The van der Waals surface area contributed by atoms with Gasteiger partial charge in [0.1, 0.15) is 5.66 Å². The molecular weight excluding hydrogens is 338 g/mol. The maximum Gasteiger partial charge on any atom is 0.257 e. The van der Waals surface area contributed by atoms with E-state index in [9.17, 15) is 4.79 Å². The molecule has 1 amide bonds. The number of piperidine rings is 2. The number of likely N-dealkylation sites (tertiary alicyclic amines) is 2. The highest BCUT2D eigenvalue weighted by Crippen LogP contribution is 2.21. The van der Waals surface area contributed by atoms with E-state index >= 15 is 0 Å². The topological polar surface area (TPSA) is 56.1 Å². The molecule has 0 aromatic rings. The number of carbonyl (C=O) groups excluding carboxylic acids is 1. The van der Waals surface area contributed by atoms with Crippen LogP contribution >= 0.6 is 12.4 Å². The van der Waals surface area contributed by atoms with Crippen molar-refractivity contribution in [2.75, 3.05) is 59.4 Å². The summed E-state index contributed by atoms with van der Waals surface area (Å²) in [4.78, 5) is 22.2. The second-order valence-corrected chi connectivity index (χ2v) is 8.06. The Bertz CT molecular complexity index is 425. The second-order valence-electron chi connectivity index (χ2n) is 8.06. The monoisotopic (exact) mass is 373 g/mol. The minimum absolute atomic E-state index is 0. The predicted octanol–water partition coefficient (Wildman–Crippen LogP) is 0.807. The Labute approximate surface area is 159 Å². The highest BCUT2D eigenvalue weighted by molar-refractivity contribution is 5.85. The van der Waals surface area contributed by atoms with Crippen LogP contribution in [-0.4, -0.2) is 96.6 Å². The number of nitrogens with zero attached hydrogens (tertiary/aromatic N) is 4. The smallest absolute Gasteiger partial charge is 0.257 e. The van der Waals surface area contributed by atoms with Gasteiger partial charge in [-0.3, -0.25) is 14.6 Å². The van der Waals surface area contributed by atoms with E-state index in [-0.39, 0.29) is 18.3 Å². The molecule has 6 nitrogen and oxygen atoms in total. The molecular formula is C18H36ClN5O. The summed E-state index contributed by atoms with van der Waals surface area (Å²) in [6.45, 7) is 9.84. The number of halogens is 1. The number of piperazine rings is 1. The lowest BCUT2D eigenvalue weighted by Crippen LogP contribution is -2.67. The minimum Gasteiger partial charge on any atom is -0.337 e. The van der Waals surface area contributed by atoms with Gasteiger partial charge >= 0.3 is 0 Å². The second kappa shape index (κ2) is 9.00. The molecule has 3 saturated heterocycles. The lowest BCUT2D eigenvalue weighted by atomic mass is 10.0. The zero-order valence-corrected chi connectivity index (χ0v) is 16.8. The molecule has 0 saturated carbocycles. The Morgan fingerprint density at radius 2 is 1.48 bits per heavy atom. The van der Waals surface area contributed by atoms with Crippen LogP contribution < -0.4 is 5.73 Å². The lowest BCUT2D eigenvalue weighted by Gasteiger charge is -2.46. The van der Waals surface area contributed by atoms with Gasteiger partial charge < -0.3 is 15.5 Å². The Kier molecular flexibility index (Phi) is 7.52. The van der Waals surface area contributed by atoms with E-state index in [2.05, 4.69) is 21.7 Å². The van der Waals surface area contributed by atoms with Crippen molar-refractivity contribution in [3.05, 3.63) is 0 Å². The fourth-order valence-corrected chi connectivity index (χ4v) is 4.46. The summed E-state index contributed by atoms with van der Waals surface area (Å²) in [7, 11) is 2.20. The fraction of sp³-hybridized carbons (Fsp3) is 0.944. The van der Waals surface area contributed by atoms with Gasteiger partial charge in [0.05, 0.1) is 0 Å². The van der Waals surface area contributed by atoms with E-state index in [0.717, 1.165) is 52.1 Å². The van der Waals surface area contributed by atoms with Crippen molar-refractivity contribution in [1.82, 2.24) is 19.6 Å². The van der Waals surface area contributed by atoms with E-state index < -0.39 is 5.66 Å². The molecule has 1 atom stereocenters. The quantitative estimate of drug-likeness (QED) is 0.793. The van der Waals surface area contributed by atoms with Gasteiger partial charge in [-0.25, -0.2) is 0 Å². The van der Waals surface area contributed by atoms with Gasteiger partial charge in [0.2, 0.25) is 0 Å². The molecule has 0 aromatic heterocycles. The summed E-state index contributed by atoms with van der Waals surface area (Å²) in [5.41, 5.74) is 5.64. The van der Waals surface area contributed by atoms with E-state index in [0.29, 0.717) is 6.04 Å². The minimum atomic E-state index is -0.837. The van der Waals surface area contributed by atoms with E-state index in [1.165, 1.54) is 32.4 Å². The Balaban J connectivity index is 0.00000225. The number of hydrogen-bond acceptors (Lipinski definition) is 5. The molecule has 2 N–H and O–H groups in total. The molecule has 3 fully saturated rings. The van der Waals surface area contributed by atoms with Crippen LogP contribution in [0.1, 0.15) is 39.0 Å².